The van der Waals surface area contributed by atoms with Crippen molar-refractivity contribution in [3.05, 3.63) is 48.3 Å². The van der Waals surface area contributed by atoms with E-state index in [1.807, 2.05) is 31.2 Å². The molecular formula is C14H12N2O2. The molecule has 1 aromatic heterocycles. The van der Waals surface area contributed by atoms with Gasteiger partial charge in [0.15, 0.2) is 22.9 Å². The molecule has 0 atom stereocenters. The Labute approximate surface area is 105 Å². The van der Waals surface area contributed by atoms with E-state index in [1.165, 1.54) is 0 Å². The fourth-order valence-electron chi connectivity index (χ4n) is 1.48. The molecule has 18 heavy (non-hydrogen) atoms. The lowest BCUT2D eigenvalue weighted by Gasteiger charge is -2.11. The molecule has 0 N–H and O–H groups in total. The molecule has 0 unspecified atom stereocenters. The zero-order valence-corrected chi connectivity index (χ0v) is 9.96. The van der Waals surface area contributed by atoms with Gasteiger partial charge in [-0.25, -0.2) is 4.98 Å². The monoisotopic (exact) mass is 240 g/mol. The number of nitrogens with zero attached hydrogens (tertiary/aromatic N) is 2. The number of hydrogen-bond donors (Lipinski definition) is 0. The highest BCUT2D eigenvalue weighted by Gasteiger charge is 2.08. The number of nitriles is 1. The lowest BCUT2D eigenvalue weighted by Crippen LogP contribution is -1.96. The van der Waals surface area contributed by atoms with Gasteiger partial charge in [0.2, 0.25) is 0 Å². The summed E-state index contributed by atoms with van der Waals surface area (Å²) in [7, 11) is 0. The van der Waals surface area contributed by atoms with Crippen molar-refractivity contribution >= 4 is 0 Å². The maximum Gasteiger partial charge on any atom is 0.183 e. The normalized spacial score (nSPS) is 9.56. The Kier molecular flexibility index (Phi) is 3.77. The largest absolute Gasteiger partial charge is 0.490 e. The lowest BCUT2D eigenvalue weighted by atomic mass is 10.3. The van der Waals surface area contributed by atoms with Gasteiger partial charge in [-0.1, -0.05) is 12.1 Å². The van der Waals surface area contributed by atoms with Crippen LogP contribution in [0.2, 0.25) is 0 Å². The number of rotatable bonds is 4. The average Bonchev–Trinajstić information content (AvgIpc) is 2.42. The molecule has 90 valence electrons. The Morgan fingerprint density at radius 1 is 1.11 bits per heavy atom. The Hall–Kier alpha value is -2.54. The SMILES string of the molecule is CCOc1ccccc1Oc1cccnc1C#N. The van der Waals surface area contributed by atoms with Crippen LogP contribution in [-0.2, 0) is 0 Å². The zero-order chi connectivity index (χ0) is 12.8. The van der Waals surface area contributed by atoms with Crippen molar-refractivity contribution in [2.45, 2.75) is 6.92 Å². The Balaban J connectivity index is 2.31. The summed E-state index contributed by atoms with van der Waals surface area (Å²) in [6, 6.07) is 12.7. The molecule has 0 radical (unpaired) electrons. The van der Waals surface area contributed by atoms with Gasteiger partial charge in [0.1, 0.15) is 6.07 Å². The Morgan fingerprint density at radius 3 is 2.56 bits per heavy atom. The van der Waals surface area contributed by atoms with Crippen LogP contribution in [0, 0.1) is 11.3 Å². The van der Waals surface area contributed by atoms with E-state index >= 15 is 0 Å². The highest BCUT2D eigenvalue weighted by atomic mass is 16.5. The molecule has 4 nitrogen and oxygen atoms in total. The molecule has 1 heterocycles. The number of ether oxygens (including phenoxy) is 2. The molecule has 0 spiro atoms. The summed E-state index contributed by atoms with van der Waals surface area (Å²) in [6.07, 6.45) is 1.56. The molecule has 0 aliphatic carbocycles. The molecule has 0 saturated heterocycles. The fraction of sp³-hybridized carbons (Fsp3) is 0.143. The van der Waals surface area contributed by atoms with Crippen LogP contribution in [0.4, 0.5) is 0 Å². The third kappa shape index (κ3) is 2.58. The Morgan fingerprint density at radius 2 is 1.83 bits per heavy atom. The molecule has 0 bridgehead atoms. The van der Waals surface area contributed by atoms with Crippen molar-refractivity contribution in [3.63, 3.8) is 0 Å². The second kappa shape index (κ2) is 5.69. The summed E-state index contributed by atoms with van der Waals surface area (Å²) in [5, 5.41) is 8.95. The van der Waals surface area contributed by atoms with E-state index in [4.69, 9.17) is 14.7 Å². The first-order valence-corrected chi connectivity index (χ1v) is 5.60. The second-order valence-electron chi connectivity index (χ2n) is 3.44. The lowest BCUT2D eigenvalue weighted by molar-refractivity contribution is 0.321. The van der Waals surface area contributed by atoms with Gasteiger partial charge in [0, 0.05) is 6.20 Å². The molecule has 0 fully saturated rings. The predicted molar refractivity (Wildman–Crippen MR) is 66.6 cm³/mol. The van der Waals surface area contributed by atoms with Gasteiger partial charge in [-0.2, -0.15) is 5.26 Å². The van der Waals surface area contributed by atoms with Gasteiger partial charge in [-0.05, 0) is 31.2 Å². The molecule has 4 heteroatoms. The number of pyridine rings is 1. The van der Waals surface area contributed by atoms with Crippen molar-refractivity contribution in [1.29, 1.82) is 5.26 Å². The van der Waals surface area contributed by atoms with E-state index in [0.29, 0.717) is 23.9 Å². The van der Waals surface area contributed by atoms with Crippen LogP contribution in [0.15, 0.2) is 42.6 Å². The summed E-state index contributed by atoms with van der Waals surface area (Å²) >= 11 is 0. The predicted octanol–water partition coefficient (Wildman–Crippen LogP) is 3.14. The highest BCUT2D eigenvalue weighted by molar-refractivity contribution is 5.45. The van der Waals surface area contributed by atoms with E-state index in [9.17, 15) is 0 Å². The highest BCUT2D eigenvalue weighted by Crippen LogP contribution is 2.31. The van der Waals surface area contributed by atoms with Crippen molar-refractivity contribution in [3.8, 4) is 23.3 Å². The quantitative estimate of drug-likeness (QED) is 0.823. The molecule has 0 aliphatic heterocycles. The van der Waals surface area contributed by atoms with Gasteiger partial charge in [0.05, 0.1) is 6.61 Å². The summed E-state index contributed by atoms with van der Waals surface area (Å²) < 4.78 is 11.1. The van der Waals surface area contributed by atoms with E-state index in [0.717, 1.165) is 0 Å². The van der Waals surface area contributed by atoms with Gasteiger partial charge in [-0.15, -0.1) is 0 Å². The topological polar surface area (TPSA) is 55.1 Å². The van der Waals surface area contributed by atoms with Crippen LogP contribution in [-0.4, -0.2) is 11.6 Å². The Bertz CT molecular complexity index is 576. The summed E-state index contributed by atoms with van der Waals surface area (Å²) in [4.78, 5) is 3.94. The minimum Gasteiger partial charge on any atom is -0.490 e. The standard InChI is InChI=1S/C14H12N2O2/c1-2-17-13-6-3-4-7-14(13)18-12-8-5-9-16-11(12)10-15/h3-9H,2H2,1H3. The molecule has 0 amide bonds. The smallest absolute Gasteiger partial charge is 0.183 e. The minimum atomic E-state index is 0.254. The van der Waals surface area contributed by atoms with Crippen molar-refractivity contribution in [2.24, 2.45) is 0 Å². The van der Waals surface area contributed by atoms with Gasteiger partial charge < -0.3 is 9.47 Å². The number of para-hydroxylation sites is 2. The summed E-state index contributed by atoms with van der Waals surface area (Å²) in [5.74, 6) is 1.64. The summed E-state index contributed by atoms with van der Waals surface area (Å²) in [6.45, 7) is 2.46. The van der Waals surface area contributed by atoms with Crippen LogP contribution in [0.1, 0.15) is 12.6 Å². The fourth-order valence-corrected chi connectivity index (χ4v) is 1.48. The average molecular weight is 240 g/mol. The maximum atomic E-state index is 8.95. The van der Waals surface area contributed by atoms with Crippen LogP contribution >= 0.6 is 0 Å². The number of aromatic nitrogens is 1. The van der Waals surface area contributed by atoms with Crippen molar-refractivity contribution in [2.75, 3.05) is 6.61 Å². The van der Waals surface area contributed by atoms with Gasteiger partial charge in [-0.3, -0.25) is 0 Å². The second-order valence-corrected chi connectivity index (χ2v) is 3.44. The van der Waals surface area contributed by atoms with Crippen LogP contribution in [0.3, 0.4) is 0 Å². The molecule has 2 aromatic rings. The molecular weight excluding hydrogens is 228 g/mol. The van der Waals surface area contributed by atoms with Crippen LogP contribution in [0.25, 0.3) is 0 Å². The maximum absolute atomic E-state index is 8.95. The zero-order valence-electron chi connectivity index (χ0n) is 9.96. The van der Waals surface area contributed by atoms with E-state index < -0.39 is 0 Å². The first-order valence-electron chi connectivity index (χ1n) is 5.60. The third-order valence-electron chi connectivity index (χ3n) is 2.25. The molecule has 0 saturated carbocycles. The number of hydrogen-bond acceptors (Lipinski definition) is 4. The molecule has 0 aliphatic rings. The van der Waals surface area contributed by atoms with Gasteiger partial charge in [0.25, 0.3) is 0 Å². The third-order valence-corrected chi connectivity index (χ3v) is 2.25. The number of benzene rings is 1. The molecule has 2 rings (SSSR count). The van der Waals surface area contributed by atoms with Crippen LogP contribution in [0.5, 0.6) is 17.2 Å². The summed E-state index contributed by atoms with van der Waals surface area (Å²) in [5.41, 5.74) is 0.254. The van der Waals surface area contributed by atoms with E-state index in [-0.39, 0.29) is 5.69 Å². The van der Waals surface area contributed by atoms with E-state index in [2.05, 4.69) is 4.98 Å². The van der Waals surface area contributed by atoms with Crippen molar-refractivity contribution < 1.29 is 9.47 Å². The van der Waals surface area contributed by atoms with E-state index in [1.54, 1.807) is 24.4 Å². The van der Waals surface area contributed by atoms with Gasteiger partial charge >= 0.3 is 0 Å². The van der Waals surface area contributed by atoms with Crippen molar-refractivity contribution in [1.82, 2.24) is 4.98 Å². The first-order chi connectivity index (χ1) is 8.85. The van der Waals surface area contributed by atoms with Crippen LogP contribution < -0.4 is 9.47 Å². The molecule has 1 aromatic carbocycles. The first kappa shape index (κ1) is 11.9. The minimum absolute atomic E-state index is 0.254.